The Labute approximate surface area is 168 Å². The van der Waals surface area contributed by atoms with E-state index in [4.69, 9.17) is 24.5 Å². The van der Waals surface area contributed by atoms with Crippen LogP contribution >= 0.6 is 11.8 Å². The third-order valence-electron chi connectivity index (χ3n) is 3.29. The fourth-order valence-electron chi connectivity index (χ4n) is 1.98. The number of carbonyl (C=O) groups is 2. The molecule has 0 spiro atoms. The molecule has 0 aliphatic rings. The molecule has 0 aliphatic heterocycles. The molecule has 1 atom stereocenters. The highest BCUT2D eigenvalue weighted by molar-refractivity contribution is 7.99. The number of nitrogens with one attached hydrogen (secondary N) is 1. The quantitative estimate of drug-likeness (QED) is 0.284. The second-order valence-corrected chi connectivity index (χ2v) is 6.93. The Morgan fingerprint density at radius 1 is 1.07 bits per heavy atom. The largest absolute Gasteiger partial charge is 0.491 e. The van der Waals surface area contributed by atoms with E-state index >= 15 is 0 Å². The summed E-state index contributed by atoms with van der Waals surface area (Å²) >= 11 is 1.81. The van der Waals surface area contributed by atoms with Crippen LogP contribution in [0.1, 0.15) is 5.56 Å². The lowest BCUT2D eigenvalue weighted by Gasteiger charge is -2.13. The van der Waals surface area contributed by atoms with Crippen molar-refractivity contribution in [2.75, 3.05) is 25.4 Å². The highest BCUT2D eigenvalue weighted by Gasteiger charge is 2.05. The SMILES string of the molecule is Cc1cccc(OCC(O)CNCCSc2ccccc2)c1.O=C(O)C(=O)O. The standard InChI is InChI=1S/C18H23NO2S.C2H2O4/c1-15-6-5-7-17(12-15)21-14-16(20)13-19-10-11-22-18-8-3-2-4-9-18;3-1(4)2(5)6/h2-9,12,16,19-20H,10-11,13-14H2,1H3;(H,3,4)(H,5,6). The Balaban J connectivity index is 0.000000568. The molecule has 0 aromatic heterocycles. The van der Waals surface area contributed by atoms with Gasteiger partial charge in [0, 0.05) is 23.7 Å². The van der Waals surface area contributed by atoms with Gasteiger partial charge in [0.25, 0.3) is 0 Å². The van der Waals surface area contributed by atoms with Gasteiger partial charge in [0.1, 0.15) is 18.5 Å². The van der Waals surface area contributed by atoms with E-state index in [-0.39, 0.29) is 0 Å². The predicted molar refractivity (Wildman–Crippen MR) is 108 cm³/mol. The van der Waals surface area contributed by atoms with Gasteiger partial charge in [-0.3, -0.25) is 0 Å². The molecule has 1 unspecified atom stereocenters. The summed E-state index contributed by atoms with van der Waals surface area (Å²) in [5.41, 5.74) is 1.16. The summed E-state index contributed by atoms with van der Waals surface area (Å²) in [4.78, 5) is 19.5. The third kappa shape index (κ3) is 11.2. The van der Waals surface area contributed by atoms with E-state index in [1.165, 1.54) is 4.90 Å². The number of hydrogen-bond acceptors (Lipinski definition) is 6. The zero-order valence-corrected chi connectivity index (χ0v) is 16.4. The minimum Gasteiger partial charge on any atom is -0.491 e. The van der Waals surface area contributed by atoms with Crippen molar-refractivity contribution < 1.29 is 29.6 Å². The Kier molecular flexibility index (Phi) is 11.4. The van der Waals surface area contributed by atoms with Crippen molar-refractivity contribution in [3.63, 3.8) is 0 Å². The van der Waals surface area contributed by atoms with Gasteiger partial charge in [-0.2, -0.15) is 0 Å². The molecule has 0 saturated heterocycles. The molecule has 0 amide bonds. The molecule has 0 bridgehead atoms. The fourth-order valence-corrected chi connectivity index (χ4v) is 2.81. The van der Waals surface area contributed by atoms with E-state index in [1.54, 1.807) is 0 Å². The highest BCUT2D eigenvalue weighted by atomic mass is 32.2. The number of thioether (sulfide) groups is 1. The van der Waals surface area contributed by atoms with E-state index in [9.17, 15) is 5.11 Å². The lowest BCUT2D eigenvalue weighted by Crippen LogP contribution is -2.32. The van der Waals surface area contributed by atoms with Crippen LogP contribution in [0.2, 0.25) is 0 Å². The van der Waals surface area contributed by atoms with Crippen molar-refractivity contribution in [3.05, 3.63) is 60.2 Å². The molecule has 2 rings (SSSR count). The van der Waals surface area contributed by atoms with E-state index in [0.717, 1.165) is 23.6 Å². The van der Waals surface area contributed by atoms with Crippen molar-refractivity contribution in [2.45, 2.75) is 17.9 Å². The van der Waals surface area contributed by atoms with Crippen molar-refractivity contribution in [3.8, 4) is 5.75 Å². The van der Waals surface area contributed by atoms with Crippen molar-refractivity contribution in [1.29, 1.82) is 0 Å². The van der Waals surface area contributed by atoms with Gasteiger partial charge in [-0.1, -0.05) is 30.3 Å². The molecule has 28 heavy (non-hydrogen) atoms. The van der Waals surface area contributed by atoms with Gasteiger partial charge < -0.3 is 25.4 Å². The number of carboxylic acid groups (broad SMARTS) is 2. The second kappa shape index (κ2) is 13.6. The van der Waals surface area contributed by atoms with Crippen LogP contribution in [-0.2, 0) is 9.59 Å². The monoisotopic (exact) mass is 407 g/mol. The first kappa shape index (κ1) is 23.5. The molecular weight excluding hydrogens is 382 g/mol. The third-order valence-corrected chi connectivity index (χ3v) is 4.30. The number of ether oxygens (including phenoxy) is 1. The van der Waals surface area contributed by atoms with Crippen molar-refractivity contribution >= 4 is 23.7 Å². The van der Waals surface area contributed by atoms with E-state index < -0.39 is 18.0 Å². The van der Waals surface area contributed by atoms with Crippen molar-refractivity contribution in [2.24, 2.45) is 0 Å². The fraction of sp³-hybridized carbons (Fsp3) is 0.300. The summed E-state index contributed by atoms with van der Waals surface area (Å²) in [6.07, 6.45) is -0.498. The molecule has 7 nitrogen and oxygen atoms in total. The molecule has 2 aromatic rings. The first-order valence-corrected chi connectivity index (χ1v) is 9.59. The van der Waals surface area contributed by atoms with Crippen LogP contribution in [0.4, 0.5) is 0 Å². The van der Waals surface area contributed by atoms with Gasteiger partial charge in [-0.05, 0) is 36.8 Å². The van der Waals surface area contributed by atoms with Crippen LogP contribution in [0.15, 0.2) is 59.5 Å². The van der Waals surface area contributed by atoms with Crippen LogP contribution in [0.5, 0.6) is 5.75 Å². The molecule has 0 aliphatic carbocycles. The van der Waals surface area contributed by atoms with Crippen LogP contribution in [0.25, 0.3) is 0 Å². The lowest BCUT2D eigenvalue weighted by atomic mass is 10.2. The molecule has 4 N–H and O–H groups in total. The first-order valence-electron chi connectivity index (χ1n) is 8.60. The van der Waals surface area contributed by atoms with E-state index in [2.05, 4.69) is 17.4 Å². The predicted octanol–water partition coefficient (Wildman–Crippen LogP) is 2.27. The molecule has 0 radical (unpaired) electrons. The van der Waals surface area contributed by atoms with Crippen LogP contribution < -0.4 is 10.1 Å². The summed E-state index contributed by atoms with van der Waals surface area (Å²) in [6.45, 7) is 3.74. The van der Waals surface area contributed by atoms with E-state index in [1.807, 2.05) is 61.2 Å². The van der Waals surface area contributed by atoms with Gasteiger partial charge in [0.15, 0.2) is 0 Å². The number of aliphatic carboxylic acids is 2. The smallest absolute Gasteiger partial charge is 0.414 e. The summed E-state index contributed by atoms with van der Waals surface area (Å²) in [5.74, 6) is -1.86. The topological polar surface area (TPSA) is 116 Å². The lowest BCUT2D eigenvalue weighted by molar-refractivity contribution is -0.159. The molecule has 8 heteroatoms. The van der Waals surface area contributed by atoms with Gasteiger partial charge >= 0.3 is 11.9 Å². The van der Waals surface area contributed by atoms with Crippen LogP contribution in [0.3, 0.4) is 0 Å². The van der Waals surface area contributed by atoms with Gasteiger partial charge in [0.2, 0.25) is 0 Å². The molecule has 0 fully saturated rings. The average molecular weight is 407 g/mol. The summed E-state index contributed by atoms with van der Waals surface area (Å²) in [6, 6.07) is 18.2. The molecule has 2 aromatic carbocycles. The number of benzene rings is 2. The maximum absolute atomic E-state index is 9.90. The number of aryl methyl sites for hydroxylation is 1. The minimum atomic E-state index is -1.82. The highest BCUT2D eigenvalue weighted by Crippen LogP contribution is 2.15. The second-order valence-electron chi connectivity index (χ2n) is 5.76. The number of aliphatic hydroxyl groups is 1. The van der Waals surface area contributed by atoms with Gasteiger partial charge in [-0.15, -0.1) is 11.8 Å². The first-order chi connectivity index (χ1) is 13.4. The molecule has 0 saturated carbocycles. The van der Waals surface area contributed by atoms with Crippen molar-refractivity contribution in [1.82, 2.24) is 5.32 Å². The average Bonchev–Trinajstić information content (AvgIpc) is 2.67. The Morgan fingerprint density at radius 3 is 2.36 bits per heavy atom. The Morgan fingerprint density at radius 2 is 1.75 bits per heavy atom. The normalized spacial score (nSPS) is 11.1. The van der Waals surface area contributed by atoms with Crippen LogP contribution in [0, 0.1) is 6.92 Å². The van der Waals surface area contributed by atoms with E-state index in [0.29, 0.717) is 13.2 Å². The zero-order valence-electron chi connectivity index (χ0n) is 15.6. The number of rotatable bonds is 9. The maximum Gasteiger partial charge on any atom is 0.414 e. The Bertz CT molecular complexity index is 714. The molecule has 0 heterocycles. The van der Waals surface area contributed by atoms with Gasteiger partial charge in [-0.25, -0.2) is 9.59 Å². The number of aliphatic hydroxyl groups excluding tert-OH is 1. The number of hydrogen-bond donors (Lipinski definition) is 4. The summed E-state index contributed by atoms with van der Waals surface area (Å²) in [7, 11) is 0. The molecular formula is C20H25NO6S. The maximum atomic E-state index is 9.90. The summed E-state index contributed by atoms with van der Waals surface area (Å²) < 4.78 is 5.58. The van der Waals surface area contributed by atoms with Crippen LogP contribution in [-0.4, -0.2) is 58.8 Å². The zero-order chi connectivity index (χ0) is 20.8. The van der Waals surface area contributed by atoms with Gasteiger partial charge in [0.05, 0.1) is 0 Å². The molecule has 152 valence electrons. The summed E-state index contributed by atoms with van der Waals surface area (Å²) in [5, 5.41) is 27.9. The number of carboxylic acids is 2. The minimum absolute atomic E-state index is 0.308. The Hall–Kier alpha value is -2.55.